The second-order valence-electron chi connectivity index (χ2n) is 8.57. The highest BCUT2D eigenvalue weighted by Crippen LogP contribution is 2.40. The number of hydrogen-bond donors (Lipinski definition) is 1. The summed E-state index contributed by atoms with van der Waals surface area (Å²) in [4.78, 5) is 19.5. The zero-order chi connectivity index (χ0) is 22.1. The summed E-state index contributed by atoms with van der Waals surface area (Å²) >= 11 is 1.67. The lowest BCUT2D eigenvalue weighted by molar-refractivity contribution is 0.102. The van der Waals surface area contributed by atoms with Gasteiger partial charge >= 0.3 is 0 Å². The van der Waals surface area contributed by atoms with Gasteiger partial charge in [0.25, 0.3) is 5.91 Å². The van der Waals surface area contributed by atoms with Gasteiger partial charge < -0.3 is 9.88 Å². The van der Waals surface area contributed by atoms with Gasteiger partial charge in [0, 0.05) is 45.5 Å². The number of anilines is 1. The minimum Gasteiger partial charge on any atom is -0.344 e. The number of aryl methyl sites for hydroxylation is 1. The fourth-order valence-electron chi connectivity index (χ4n) is 4.48. The van der Waals surface area contributed by atoms with Crippen LogP contribution in [0.2, 0.25) is 0 Å². The third-order valence-corrected chi connectivity index (χ3v) is 7.26. The maximum absolute atomic E-state index is 13.3. The van der Waals surface area contributed by atoms with E-state index in [-0.39, 0.29) is 5.91 Å². The van der Waals surface area contributed by atoms with Crippen molar-refractivity contribution in [2.24, 2.45) is 4.99 Å². The van der Waals surface area contributed by atoms with Crippen LogP contribution in [0.5, 0.6) is 0 Å². The Hall–Kier alpha value is -3.18. The molecule has 4 nitrogen and oxygen atoms in total. The van der Waals surface area contributed by atoms with Gasteiger partial charge in [-0.25, -0.2) is 4.99 Å². The smallest absolute Gasteiger partial charge is 0.259 e. The van der Waals surface area contributed by atoms with Crippen molar-refractivity contribution in [3.05, 3.63) is 82.4 Å². The van der Waals surface area contributed by atoms with Crippen molar-refractivity contribution in [3.63, 3.8) is 0 Å². The second-order valence-corrected chi connectivity index (χ2v) is 9.66. The molecule has 0 radical (unpaired) electrons. The molecule has 1 N–H and O–H groups in total. The van der Waals surface area contributed by atoms with Gasteiger partial charge in [0.2, 0.25) is 0 Å². The van der Waals surface area contributed by atoms with E-state index in [0.29, 0.717) is 6.04 Å². The third-order valence-electron chi connectivity index (χ3n) is 6.06. The van der Waals surface area contributed by atoms with Gasteiger partial charge in [0.1, 0.15) is 5.00 Å². The van der Waals surface area contributed by atoms with Crippen molar-refractivity contribution in [3.8, 4) is 0 Å². The molecule has 32 heavy (non-hydrogen) atoms. The molecule has 1 amide bonds. The van der Waals surface area contributed by atoms with E-state index in [0.717, 1.165) is 41.1 Å². The van der Waals surface area contributed by atoms with Gasteiger partial charge in [-0.05, 0) is 63.3 Å². The maximum Gasteiger partial charge on any atom is 0.259 e. The number of carbonyl (C=O) groups excluding carboxylic acids is 1. The number of aromatic nitrogens is 1. The maximum atomic E-state index is 13.3. The Bertz CT molecular complexity index is 1300. The molecule has 1 aliphatic rings. The highest BCUT2D eigenvalue weighted by molar-refractivity contribution is 7.16. The van der Waals surface area contributed by atoms with Crippen LogP contribution in [-0.2, 0) is 12.8 Å². The molecule has 2 heterocycles. The van der Waals surface area contributed by atoms with Gasteiger partial charge in [0.15, 0.2) is 0 Å². The summed E-state index contributed by atoms with van der Waals surface area (Å²) in [5.74, 6) is -0.0626. The molecule has 0 bridgehead atoms. The number of fused-ring (bicyclic) bond motifs is 2. The zero-order valence-electron chi connectivity index (χ0n) is 18.5. The van der Waals surface area contributed by atoms with Crippen molar-refractivity contribution in [1.82, 2.24) is 4.57 Å². The summed E-state index contributed by atoms with van der Waals surface area (Å²) in [6.45, 7) is 4.37. The standard InChI is InChI=1S/C27H27N3OS/c1-18(2)30-17-19(21-12-6-8-14-23(21)30)16-28-27-25(22-13-7-9-15-24(22)32-27)26(31)29-20-10-4-3-5-11-20/h3-6,8,10-12,14,16-18H,7,9,13,15H2,1-2H3,(H,29,31). The number of hydrogen-bond acceptors (Lipinski definition) is 3. The van der Waals surface area contributed by atoms with Gasteiger partial charge in [-0.1, -0.05) is 36.4 Å². The Morgan fingerprint density at radius 3 is 2.62 bits per heavy atom. The molecule has 0 unspecified atom stereocenters. The molecule has 0 aliphatic heterocycles. The van der Waals surface area contributed by atoms with Crippen molar-refractivity contribution >= 4 is 45.0 Å². The Morgan fingerprint density at radius 2 is 1.81 bits per heavy atom. The summed E-state index contributed by atoms with van der Waals surface area (Å²) in [6.07, 6.45) is 8.38. The Balaban J connectivity index is 1.54. The minimum absolute atomic E-state index is 0.0626. The van der Waals surface area contributed by atoms with Crippen molar-refractivity contribution < 1.29 is 4.79 Å². The highest BCUT2D eigenvalue weighted by atomic mass is 32.1. The topological polar surface area (TPSA) is 46.4 Å². The average Bonchev–Trinajstić information content (AvgIpc) is 3.37. The molecular formula is C27H27N3OS. The van der Waals surface area contributed by atoms with Crippen LogP contribution in [0.1, 0.15) is 59.1 Å². The molecule has 5 heteroatoms. The quantitative estimate of drug-likeness (QED) is 0.328. The fourth-order valence-corrected chi connectivity index (χ4v) is 5.71. The predicted molar refractivity (Wildman–Crippen MR) is 135 cm³/mol. The molecule has 2 aromatic carbocycles. The first kappa shape index (κ1) is 20.7. The Morgan fingerprint density at radius 1 is 1.06 bits per heavy atom. The number of para-hydroxylation sites is 2. The Kier molecular flexibility index (Phi) is 5.66. The summed E-state index contributed by atoms with van der Waals surface area (Å²) in [5, 5.41) is 5.07. The molecule has 0 saturated carbocycles. The van der Waals surface area contributed by atoms with E-state index < -0.39 is 0 Å². The number of nitrogens with one attached hydrogen (secondary N) is 1. The lowest BCUT2D eigenvalue weighted by Crippen LogP contribution is -2.14. The number of thiophene rings is 1. The molecule has 162 valence electrons. The number of benzene rings is 2. The molecule has 0 fully saturated rings. The Labute approximate surface area is 192 Å². The average molecular weight is 442 g/mol. The molecule has 0 atom stereocenters. The molecule has 2 aromatic heterocycles. The van der Waals surface area contributed by atoms with E-state index >= 15 is 0 Å². The van der Waals surface area contributed by atoms with Crippen LogP contribution < -0.4 is 5.32 Å². The van der Waals surface area contributed by atoms with Crippen LogP contribution in [0.4, 0.5) is 10.7 Å². The largest absolute Gasteiger partial charge is 0.344 e. The van der Waals surface area contributed by atoms with Gasteiger partial charge in [-0.15, -0.1) is 11.3 Å². The number of rotatable bonds is 5. The van der Waals surface area contributed by atoms with Crippen molar-refractivity contribution in [1.29, 1.82) is 0 Å². The second kappa shape index (κ2) is 8.75. The van der Waals surface area contributed by atoms with Gasteiger partial charge in [-0.3, -0.25) is 4.79 Å². The first-order valence-corrected chi connectivity index (χ1v) is 12.1. The number of aliphatic imine (C=N–C) groups is 1. The van der Waals surface area contributed by atoms with E-state index in [9.17, 15) is 4.79 Å². The van der Waals surface area contributed by atoms with Crippen LogP contribution in [0.3, 0.4) is 0 Å². The number of carbonyl (C=O) groups is 1. The van der Waals surface area contributed by atoms with E-state index in [4.69, 9.17) is 4.99 Å². The third kappa shape index (κ3) is 3.89. The van der Waals surface area contributed by atoms with Crippen LogP contribution in [0.25, 0.3) is 10.9 Å². The minimum atomic E-state index is -0.0626. The normalized spacial score (nSPS) is 13.7. The van der Waals surface area contributed by atoms with E-state index in [1.165, 1.54) is 27.8 Å². The van der Waals surface area contributed by atoms with Crippen LogP contribution in [-0.4, -0.2) is 16.7 Å². The number of nitrogens with zero attached hydrogens (tertiary/aromatic N) is 2. The van der Waals surface area contributed by atoms with Crippen LogP contribution >= 0.6 is 11.3 Å². The molecule has 4 aromatic rings. The fraction of sp³-hybridized carbons (Fsp3) is 0.259. The van der Waals surface area contributed by atoms with E-state index in [1.807, 2.05) is 36.5 Å². The monoisotopic (exact) mass is 441 g/mol. The lowest BCUT2D eigenvalue weighted by Gasteiger charge is -2.12. The van der Waals surface area contributed by atoms with Crippen LogP contribution in [0.15, 0.2) is 65.8 Å². The molecule has 0 spiro atoms. The van der Waals surface area contributed by atoms with E-state index in [1.54, 1.807) is 11.3 Å². The van der Waals surface area contributed by atoms with Crippen molar-refractivity contribution in [2.45, 2.75) is 45.6 Å². The molecule has 0 saturated heterocycles. The zero-order valence-corrected chi connectivity index (χ0v) is 19.3. The van der Waals surface area contributed by atoms with Gasteiger partial charge in [0.05, 0.1) is 5.56 Å². The predicted octanol–water partition coefficient (Wildman–Crippen LogP) is 7.17. The highest BCUT2D eigenvalue weighted by Gasteiger charge is 2.25. The summed E-state index contributed by atoms with van der Waals surface area (Å²) in [7, 11) is 0. The molecule has 1 aliphatic carbocycles. The van der Waals surface area contributed by atoms with Crippen LogP contribution in [0, 0.1) is 0 Å². The number of amides is 1. The lowest BCUT2D eigenvalue weighted by atomic mass is 9.95. The van der Waals surface area contributed by atoms with E-state index in [2.05, 4.69) is 54.2 Å². The SMILES string of the molecule is CC(C)n1cc(C=Nc2sc3c(c2C(=O)Nc2ccccc2)CCCC3)c2ccccc21. The van der Waals surface area contributed by atoms with Crippen molar-refractivity contribution in [2.75, 3.05) is 5.32 Å². The molecule has 5 rings (SSSR count). The van der Waals surface area contributed by atoms with Gasteiger partial charge in [-0.2, -0.15) is 0 Å². The molecular weight excluding hydrogens is 414 g/mol. The first-order valence-electron chi connectivity index (χ1n) is 11.3. The summed E-state index contributed by atoms with van der Waals surface area (Å²) < 4.78 is 2.28. The summed E-state index contributed by atoms with van der Waals surface area (Å²) in [6, 6.07) is 18.4. The first-order chi connectivity index (χ1) is 15.6. The summed E-state index contributed by atoms with van der Waals surface area (Å²) in [5.41, 5.74) is 5.03.